The largest absolute Gasteiger partial charge is 0.397 e. The van der Waals surface area contributed by atoms with E-state index in [-0.39, 0.29) is 5.56 Å². The number of H-pyrrole nitrogens is 1. The minimum absolute atomic E-state index is 0.155. The topological polar surface area (TPSA) is 83.8 Å². The fraction of sp³-hybridized carbons (Fsp3) is 0.429. The molecule has 2 aromatic rings. The summed E-state index contributed by atoms with van der Waals surface area (Å²) in [5.74, 6) is 3.20. The zero-order valence-corrected chi connectivity index (χ0v) is 12.0. The molecular weight excluding hydrogens is 272 g/mol. The van der Waals surface area contributed by atoms with Crippen LogP contribution >= 0.6 is 11.8 Å². The van der Waals surface area contributed by atoms with Gasteiger partial charge in [-0.1, -0.05) is 0 Å². The van der Waals surface area contributed by atoms with Gasteiger partial charge in [0.15, 0.2) is 0 Å². The van der Waals surface area contributed by atoms with Crippen molar-refractivity contribution in [1.29, 1.82) is 0 Å². The van der Waals surface area contributed by atoms with E-state index in [2.05, 4.69) is 15.3 Å². The number of rotatable bonds is 3. The second-order valence-corrected chi connectivity index (χ2v) is 6.35. The highest BCUT2D eigenvalue weighted by Crippen LogP contribution is 2.26. The summed E-state index contributed by atoms with van der Waals surface area (Å²) in [6, 6.07) is 3.55. The first-order valence-electron chi connectivity index (χ1n) is 6.82. The number of benzene rings is 1. The van der Waals surface area contributed by atoms with E-state index < -0.39 is 0 Å². The summed E-state index contributed by atoms with van der Waals surface area (Å²) in [7, 11) is 0. The molecule has 106 valence electrons. The maximum atomic E-state index is 11.7. The van der Waals surface area contributed by atoms with Gasteiger partial charge in [0.2, 0.25) is 0 Å². The van der Waals surface area contributed by atoms with Crippen LogP contribution in [0.5, 0.6) is 0 Å². The maximum Gasteiger partial charge on any atom is 0.258 e. The SMILES string of the molecule is Nc1cc2c(=O)[nH]cnc2cc1NCC1CCSCC1. The Morgan fingerprint density at radius 2 is 2.20 bits per heavy atom. The van der Waals surface area contributed by atoms with Crippen molar-refractivity contribution in [3.63, 3.8) is 0 Å². The van der Waals surface area contributed by atoms with Crippen molar-refractivity contribution in [2.24, 2.45) is 5.92 Å². The van der Waals surface area contributed by atoms with Crippen LogP contribution in [-0.4, -0.2) is 28.0 Å². The minimum atomic E-state index is -0.155. The van der Waals surface area contributed by atoms with Crippen LogP contribution < -0.4 is 16.6 Å². The van der Waals surface area contributed by atoms with Gasteiger partial charge in [-0.05, 0) is 42.4 Å². The lowest BCUT2D eigenvalue weighted by molar-refractivity contribution is 0.516. The lowest BCUT2D eigenvalue weighted by atomic mass is 10.0. The summed E-state index contributed by atoms with van der Waals surface area (Å²) in [6.45, 7) is 0.930. The highest BCUT2D eigenvalue weighted by Gasteiger charge is 2.14. The number of thioether (sulfide) groups is 1. The van der Waals surface area contributed by atoms with Gasteiger partial charge in [-0.25, -0.2) is 4.98 Å². The number of hydrogen-bond donors (Lipinski definition) is 3. The van der Waals surface area contributed by atoms with Gasteiger partial charge in [0.1, 0.15) is 0 Å². The fourth-order valence-electron chi connectivity index (χ4n) is 2.49. The van der Waals surface area contributed by atoms with Crippen molar-refractivity contribution in [2.45, 2.75) is 12.8 Å². The highest BCUT2D eigenvalue weighted by molar-refractivity contribution is 7.99. The average molecular weight is 290 g/mol. The van der Waals surface area contributed by atoms with E-state index in [1.165, 1.54) is 30.7 Å². The van der Waals surface area contributed by atoms with Crippen LogP contribution in [0.2, 0.25) is 0 Å². The number of nitrogen functional groups attached to an aromatic ring is 1. The van der Waals surface area contributed by atoms with Crippen LogP contribution in [0.25, 0.3) is 10.9 Å². The molecule has 1 fully saturated rings. The van der Waals surface area contributed by atoms with Crippen LogP contribution in [0.15, 0.2) is 23.3 Å². The smallest absolute Gasteiger partial charge is 0.258 e. The molecule has 1 aliphatic rings. The van der Waals surface area contributed by atoms with Crippen LogP contribution in [0, 0.1) is 5.92 Å². The van der Waals surface area contributed by atoms with Gasteiger partial charge < -0.3 is 16.0 Å². The molecule has 0 atom stereocenters. The van der Waals surface area contributed by atoms with Crippen LogP contribution in [0.4, 0.5) is 11.4 Å². The molecule has 1 aromatic heterocycles. The number of nitrogens with one attached hydrogen (secondary N) is 2. The van der Waals surface area contributed by atoms with Gasteiger partial charge in [0.25, 0.3) is 5.56 Å². The standard InChI is InChI=1S/C14H18N4OS/c15-11-5-10-12(17-8-18-14(10)19)6-13(11)16-7-9-1-3-20-4-2-9/h5-6,8-9,16H,1-4,7,15H2,(H,17,18,19). The predicted molar refractivity (Wildman–Crippen MR) is 85.3 cm³/mol. The third kappa shape index (κ3) is 2.75. The number of aromatic amines is 1. The molecule has 0 amide bonds. The van der Waals surface area contributed by atoms with Crippen molar-refractivity contribution in [3.8, 4) is 0 Å². The van der Waals surface area contributed by atoms with Crippen LogP contribution in [0.1, 0.15) is 12.8 Å². The van der Waals surface area contributed by atoms with E-state index in [1.807, 2.05) is 17.8 Å². The van der Waals surface area contributed by atoms with E-state index >= 15 is 0 Å². The van der Waals surface area contributed by atoms with Gasteiger partial charge in [0.05, 0.1) is 28.6 Å². The van der Waals surface area contributed by atoms with Crippen molar-refractivity contribution in [1.82, 2.24) is 9.97 Å². The first-order valence-corrected chi connectivity index (χ1v) is 7.98. The van der Waals surface area contributed by atoms with Gasteiger partial charge in [-0.15, -0.1) is 0 Å². The Morgan fingerprint density at radius 3 is 3.00 bits per heavy atom. The lowest BCUT2D eigenvalue weighted by Crippen LogP contribution is -2.19. The lowest BCUT2D eigenvalue weighted by Gasteiger charge is -2.22. The predicted octanol–water partition coefficient (Wildman–Crippen LogP) is 2.06. The molecule has 20 heavy (non-hydrogen) atoms. The van der Waals surface area contributed by atoms with Crippen molar-refractivity contribution in [3.05, 3.63) is 28.8 Å². The summed E-state index contributed by atoms with van der Waals surface area (Å²) >= 11 is 2.03. The van der Waals surface area contributed by atoms with Gasteiger partial charge in [0, 0.05) is 6.54 Å². The van der Waals surface area contributed by atoms with Gasteiger partial charge in [-0.3, -0.25) is 4.79 Å². The highest BCUT2D eigenvalue weighted by atomic mass is 32.2. The van der Waals surface area contributed by atoms with Gasteiger partial charge >= 0.3 is 0 Å². The molecule has 5 nitrogen and oxygen atoms in total. The molecule has 6 heteroatoms. The number of nitrogens with zero attached hydrogens (tertiary/aromatic N) is 1. The van der Waals surface area contributed by atoms with E-state index in [9.17, 15) is 4.79 Å². The third-order valence-electron chi connectivity index (χ3n) is 3.73. The number of nitrogens with two attached hydrogens (primary N) is 1. The Balaban J connectivity index is 1.80. The first-order chi connectivity index (χ1) is 9.74. The van der Waals surface area contributed by atoms with E-state index in [1.54, 1.807) is 6.07 Å². The molecule has 1 saturated heterocycles. The van der Waals surface area contributed by atoms with Crippen molar-refractivity contribution < 1.29 is 0 Å². The molecule has 0 radical (unpaired) electrons. The zero-order chi connectivity index (χ0) is 13.9. The second-order valence-electron chi connectivity index (χ2n) is 5.12. The molecule has 0 unspecified atom stereocenters. The number of fused-ring (bicyclic) bond motifs is 1. The maximum absolute atomic E-state index is 11.7. The Labute approximate surface area is 121 Å². The molecule has 0 saturated carbocycles. The first kappa shape index (κ1) is 13.3. The van der Waals surface area contributed by atoms with Crippen LogP contribution in [0.3, 0.4) is 0 Å². The third-order valence-corrected chi connectivity index (χ3v) is 4.78. The Morgan fingerprint density at radius 1 is 1.40 bits per heavy atom. The van der Waals surface area contributed by atoms with Crippen LogP contribution in [-0.2, 0) is 0 Å². The average Bonchev–Trinajstić information content (AvgIpc) is 2.47. The van der Waals surface area contributed by atoms with Crippen molar-refractivity contribution >= 4 is 34.0 Å². The summed E-state index contributed by atoms with van der Waals surface area (Å²) in [5.41, 5.74) is 8.01. The molecule has 1 aromatic carbocycles. The van der Waals surface area contributed by atoms with E-state index in [0.717, 1.165) is 12.2 Å². The molecule has 2 heterocycles. The minimum Gasteiger partial charge on any atom is -0.397 e. The molecule has 3 rings (SSSR count). The molecule has 4 N–H and O–H groups in total. The van der Waals surface area contributed by atoms with Crippen molar-refractivity contribution in [2.75, 3.05) is 29.1 Å². The summed E-state index contributed by atoms with van der Waals surface area (Å²) in [5, 5.41) is 3.94. The second kappa shape index (κ2) is 5.75. The number of anilines is 2. The summed E-state index contributed by atoms with van der Waals surface area (Å²) in [4.78, 5) is 18.4. The summed E-state index contributed by atoms with van der Waals surface area (Å²) in [6.07, 6.45) is 3.93. The van der Waals surface area contributed by atoms with Gasteiger partial charge in [-0.2, -0.15) is 11.8 Å². The zero-order valence-electron chi connectivity index (χ0n) is 11.2. The Bertz CT molecular complexity index is 664. The number of aromatic nitrogens is 2. The van der Waals surface area contributed by atoms with E-state index in [0.29, 0.717) is 22.5 Å². The Hall–Kier alpha value is -1.69. The molecular formula is C14H18N4OS. The molecule has 0 spiro atoms. The normalized spacial score (nSPS) is 16.4. The fourth-order valence-corrected chi connectivity index (χ4v) is 3.69. The molecule has 1 aliphatic heterocycles. The quantitative estimate of drug-likeness (QED) is 0.754. The monoisotopic (exact) mass is 290 g/mol. The molecule has 0 bridgehead atoms. The number of hydrogen-bond acceptors (Lipinski definition) is 5. The van der Waals surface area contributed by atoms with E-state index in [4.69, 9.17) is 5.73 Å². The summed E-state index contributed by atoms with van der Waals surface area (Å²) < 4.78 is 0. The Kier molecular flexibility index (Phi) is 3.82. The molecule has 0 aliphatic carbocycles.